The number of nitrogens with two attached hydrogens (primary N) is 1. The number of carboxylic acid groups (broad SMARTS) is 2. The molecule has 256 valence electrons. The maximum Gasteiger partial charge on any atom is 0.326 e. The largest absolute Gasteiger partial charge is 0.481 e. The predicted molar refractivity (Wildman–Crippen MR) is 182 cm³/mol. The summed E-state index contributed by atoms with van der Waals surface area (Å²) in [6.45, 7) is 8.21. The van der Waals surface area contributed by atoms with Gasteiger partial charge in [0.25, 0.3) is 11.5 Å². The summed E-state index contributed by atoms with van der Waals surface area (Å²) in [5.41, 5.74) is 9.63. The number of carbonyl (C=O) groups is 3. The second-order valence-electron chi connectivity index (χ2n) is 11.8. The van der Waals surface area contributed by atoms with Crippen molar-refractivity contribution >= 4 is 40.6 Å². The first kappa shape index (κ1) is 37.1. The van der Waals surface area contributed by atoms with Gasteiger partial charge in [0, 0.05) is 17.7 Å². The van der Waals surface area contributed by atoms with E-state index in [1.165, 1.54) is 29.5 Å². The monoisotopic (exact) mass is 661 g/mol. The highest BCUT2D eigenvalue weighted by atomic mass is 16.4. The van der Waals surface area contributed by atoms with Crippen LogP contribution in [-0.4, -0.2) is 65.4 Å². The molecule has 14 heteroatoms. The van der Waals surface area contributed by atoms with Gasteiger partial charge in [0.05, 0.1) is 18.4 Å². The number of aliphatic hydroxyl groups excluding tert-OH is 1. The topological polar surface area (TPSA) is 225 Å². The van der Waals surface area contributed by atoms with Crippen molar-refractivity contribution in [2.45, 2.75) is 85.0 Å². The van der Waals surface area contributed by atoms with Gasteiger partial charge in [-0.2, -0.15) is 4.98 Å². The number of aliphatic carboxylic acids is 2. The minimum atomic E-state index is -1.38. The van der Waals surface area contributed by atoms with E-state index >= 15 is 0 Å². The fourth-order valence-corrected chi connectivity index (χ4v) is 4.79. The van der Waals surface area contributed by atoms with Crippen molar-refractivity contribution in [3.63, 3.8) is 0 Å². The van der Waals surface area contributed by atoms with Crippen LogP contribution in [0.4, 0.5) is 11.6 Å². The fraction of sp³-hybridized carbons (Fsp3) is 0.382. The standard InChI is InChI=1S/C34H43N7O7/c1-20(2)7-5-8-21(3)9-6-10-22(4)17-27(42)41(19-24-18-36-30-29(37-24)32(46)40-34(35)39-30)25-13-11-23(12-14-25)31(45)38-26(33(47)48)15-16-28(43)44/h7,9,11-14,17-18,26-27,42H,5-6,8,10,15-16,19H2,1-4H3,(H,38,45)(H,43,44)(H,47,48)(H3,35,36,39,40,46)/t26-,27?/m0/s1. The number of carboxylic acids is 2. The lowest BCUT2D eigenvalue weighted by molar-refractivity contribution is -0.140. The third-order valence-corrected chi connectivity index (χ3v) is 7.41. The summed E-state index contributed by atoms with van der Waals surface area (Å²) in [6.07, 6.45) is 9.22. The molecule has 1 unspecified atom stereocenters. The SMILES string of the molecule is CC(C)=CCCC(C)=CCCC(C)=CC(O)N(Cc1cnc2nc(N)[nH]c(=O)c2n1)c1ccc(C(=O)N[C@@H](CCC(=O)O)C(=O)O)cc1. The molecule has 1 aromatic carbocycles. The summed E-state index contributed by atoms with van der Waals surface area (Å²) < 4.78 is 0. The molecule has 0 spiro atoms. The first-order valence-corrected chi connectivity index (χ1v) is 15.5. The van der Waals surface area contributed by atoms with E-state index < -0.39 is 42.1 Å². The van der Waals surface area contributed by atoms with E-state index in [1.807, 2.05) is 6.92 Å². The molecule has 1 amide bonds. The Morgan fingerprint density at radius 2 is 1.65 bits per heavy atom. The van der Waals surface area contributed by atoms with E-state index in [1.54, 1.807) is 23.1 Å². The quantitative estimate of drug-likeness (QED) is 0.0889. The zero-order valence-corrected chi connectivity index (χ0v) is 27.6. The summed E-state index contributed by atoms with van der Waals surface area (Å²) in [5.74, 6) is -3.31. The number of hydrogen-bond acceptors (Lipinski definition) is 10. The average molecular weight is 662 g/mol. The molecule has 0 radical (unpaired) electrons. The van der Waals surface area contributed by atoms with E-state index in [2.05, 4.69) is 58.2 Å². The summed E-state index contributed by atoms with van der Waals surface area (Å²) in [7, 11) is 0. The molecule has 0 saturated heterocycles. The summed E-state index contributed by atoms with van der Waals surface area (Å²) in [5, 5.41) is 32.1. The van der Waals surface area contributed by atoms with E-state index in [0.717, 1.165) is 31.3 Å². The van der Waals surface area contributed by atoms with E-state index in [4.69, 9.17) is 10.8 Å². The first-order chi connectivity index (χ1) is 22.7. The Morgan fingerprint density at radius 1 is 0.979 bits per heavy atom. The number of nitrogen functional groups attached to an aromatic ring is 1. The number of rotatable bonds is 17. The number of aromatic nitrogens is 4. The van der Waals surface area contributed by atoms with Crippen LogP contribution in [0.1, 0.15) is 82.3 Å². The van der Waals surface area contributed by atoms with Crippen molar-refractivity contribution in [1.29, 1.82) is 0 Å². The molecule has 2 aromatic heterocycles. The van der Waals surface area contributed by atoms with Gasteiger partial charge in [-0.1, -0.05) is 28.9 Å². The number of allylic oxidation sites excluding steroid dienone is 5. The lowest BCUT2D eigenvalue weighted by Crippen LogP contribution is -2.41. The molecule has 2 heterocycles. The summed E-state index contributed by atoms with van der Waals surface area (Å²) in [4.78, 5) is 64.3. The second-order valence-corrected chi connectivity index (χ2v) is 11.8. The lowest BCUT2D eigenvalue weighted by atomic mass is 10.1. The number of aromatic amines is 1. The maximum atomic E-state index is 12.8. The minimum absolute atomic E-state index is 0.0162. The van der Waals surface area contributed by atoms with Gasteiger partial charge < -0.3 is 31.3 Å². The number of benzene rings is 1. The number of nitrogens with zero attached hydrogens (tertiary/aromatic N) is 4. The smallest absolute Gasteiger partial charge is 0.326 e. The van der Waals surface area contributed by atoms with Crippen LogP contribution in [0.5, 0.6) is 0 Å². The molecule has 0 aliphatic rings. The molecule has 0 fully saturated rings. The van der Waals surface area contributed by atoms with Gasteiger partial charge in [0.1, 0.15) is 12.3 Å². The third kappa shape index (κ3) is 11.5. The summed E-state index contributed by atoms with van der Waals surface area (Å²) in [6, 6.07) is 4.70. The van der Waals surface area contributed by atoms with Crippen LogP contribution in [-0.2, 0) is 16.1 Å². The molecule has 14 nitrogen and oxygen atoms in total. The molecule has 0 aliphatic carbocycles. The molecule has 0 bridgehead atoms. The van der Waals surface area contributed by atoms with Crippen molar-refractivity contribution in [2.24, 2.45) is 0 Å². The molecule has 0 aliphatic heterocycles. The van der Waals surface area contributed by atoms with E-state index in [0.29, 0.717) is 11.4 Å². The Hall–Kier alpha value is -5.37. The minimum Gasteiger partial charge on any atom is -0.481 e. The van der Waals surface area contributed by atoms with Crippen LogP contribution in [0.15, 0.2) is 70.2 Å². The zero-order valence-electron chi connectivity index (χ0n) is 27.6. The Bertz CT molecular complexity index is 1760. The number of hydrogen-bond donors (Lipinski definition) is 6. The highest BCUT2D eigenvalue weighted by molar-refractivity contribution is 5.97. The Kier molecular flexibility index (Phi) is 13.5. The number of carbonyl (C=O) groups excluding carboxylic acids is 1. The number of anilines is 2. The van der Waals surface area contributed by atoms with Crippen molar-refractivity contribution in [3.05, 3.63) is 87.0 Å². The molecular formula is C34H43N7O7. The number of aliphatic hydroxyl groups is 1. The molecule has 48 heavy (non-hydrogen) atoms. The zero-order chi connectivity index (χ0) is 35.4. The third-order valence-electron chi connectivity index (χ3n) is 7.41. The lowest BCUT2D eigenvalue weighted by Gasteiger charge is -2.29. The van der Waals surface area contributed by atoms with Crippen LogP contribution < -0.4 is 21.5 Å². The van der Waals surface area contributed by atoms with Gasteiger partial charge in [0.15, 0.2) is 11.2 Å². The van der Waals surface area contributed by atoms with E-state index in [9.17, 15) is 29.4 Å². The molecule has 3 aromatic rings. The van der Waals surface area contributed by atoms with Crippen LogP contribution in [0.2, 0.25) is 0 Å². The van der Waals surface area contributed by atoms with Gasteiger partial charge >= 0.3 is 11.9 Å². The Labute approximate surface area is 278 Å². The van der Waals surface area contributed by atoms with Crippen LogP contribution >= 0.6 is 0 Å². The number of H-pyrrole nitrogens is 1. The number of fused-ring (bicyclic) bond motifs is 1. The van der Waals surface area contributed by atoms with Crippen LogP contribution in [0.3, 0.4) is 0 Å². The van der Waals surface area contributed by atoms with Crippen molar-refractivity contribution < 1.29 is 29.7 Å². The molecule has 2 atom stereocenters. The highest BCUT2D eigenvalue weighted by Gasteiger charge is 2.23. The molecule has 3 rings (SSSR count). The first-order valence-electron chi connectivity index (χ1n) is 15.5. The highest BCUT2D eigenvalue weighted by Crippen LogP contribution is 2.22. The molecule has 0 saturated carbocycles. The van der Waals surface area contributed by atoms with Gasteiger partial charge in [0.2, 0.25) is 5.95 Å². The van der Waals surface area contributed by atoms with Crippen molar-refractivity contribution in [1.82, 2.24) is 25.3 Å². The van der Waals surface area contributed by atoms with Gasteiger partial charge in [-0.25, -0.2) is 14.8 Å². The maximum absolute atomic E-state index is 12.8. The second kappa shape index (κ2) is 17.5. The summed E-state index contributed by atoms with van der Waals surface area (Å²) >= 11 is 0. The van der Waals surface area contributed by atoms with Crippen LogP contribution in [0.25, 0.3) is 11.2 Å². The van der Waals surface area contributed by atoms with E-state index in [-0.39, 0.29) is 35.6 Å². The average Bonchev–Trinajstić information content (AvgIpc) is 3.01. The van der Waals surface area contributed by atoms with Crippen molar-refractivity contribution in [3.8, 4) is 0 Å². The predicted octanol–water partition coefficient (Wildman–Crippen LogP) is 4.09. The van der Waals surface area contributed by atoms with Crippen LogP contribution in [0, 0.1) is 0 Å². The normalized spacial score (nSPS) is 13.1. The number of nitrogens with one attached hydrogen (secondary N) is 2. The number of amides is 1. The molecule has 7 N–H and O–H groups in total. The Morgan fingerprint density at radius 3 is 2.29 bits per heavy atom. The van der Waals surface area contributed by atoms with Gasteiger partial charge in [-0.15, -0.1) is 0 Å². The molecular weight excluding hydrogens is 618 g/mol. The Balaban J connectivity index is 1.85. The fourth-order valence-electron chi connectivity index (χ4n) is 4.79. The van der Waals surface area contributed by atoms with Crippen molar-refractivity contribution in [2.75, 3.05) is 10.6 Å². The van der Waals surface area contributed by atoms with Gasteiger partial charge in [-0.05, 0) is 90.1 Å². The van der Waals surface area contributed by atoms with Gasteiger partial charge in [-0.3, -0.25) is 19.4 Å².